The van der Waals surface area contributed by atoms with Crippen molar-refractivity contribution < 1.29 is 4.39 Å². The highest BCUT2D eigenvalue weighted by Gasteiger charge is 2.19. The van der Waals surface area contributed by atoms with Crippen LogP contribution < -0.4 is 10.6 Å². The Balaban J connectivity index is 3.33. The Hall–Kier alpha value is -2.55. The van der Waals surface area contributed by atoms with E-state index in [1.54, 1.807) is 19.9 Å². The predicted octanol–water partition coefficient (Wildman–Crippen LogP) is 7.52. The Morgan fingerprint density at radius 3 is 2.41 bits per heavy atom. The zero-order chi connectivity index (χ0) is 22.2. The normalized spacial score (nSPS) is 13.6. The van der Waals surface area contributed by atoms with E-state index in [1.807, 2.05) is 32.2 Å². The largest absolute Gasteiger partial charge is 0.388 e. The van der Waals surface area contributed by atoms with E-state index in [4.69, 9.17) is 0 Å². The first-order valence-corrected chi connectivity index (χ1v) is 10.1. The molecule has 0 radical (unpaired) electrons. The van der Waals surface area contributed by atoms with E-state index in [0.29, 0.717) is 5.92 Å². The molecule has 29 heavy (non-hydrogen) atoms. The number of benzene rings is 1. The zero-order valence-corrected chi connectivity index (χ0v) is 19.0. The molecule has 0 spiro atoms. The molecular formula is C26H37FN2. The Morgan fingerprint density at radius 1 is 1.28 bits per heavy atom. The molecule has 1 aromatic carbocycles. The van der Waals surface area contributed by atoms with Gasteiger partial charge in [-0.15, -0.1) is 6.58 Å². The van der Waals surface area contributed by atoms with E-state index >= 15 is 0 Å². The molecule has 158 valence electrons. The number of nitrogens with one attached hydrogen (secondary N) is 2. The summed E-state index contributed by atoms with van der Waals surface area (Å²) in [6.45, 7) is 21.3. The second-order valence-electron chi connectivity index (χ2n) is 8.14. The summed E-state index contributed by atoms with van der Waals surface area (Å²) in [5.41, 5.74) is 5.58. The highest BCUT2D eigenvalue weighted by Crippen LogP contribution is 2.31. The van der Waals surface area contributed by atoms with Crippen molar-refractivity contribution >= 4 is 11.4 Å². The molecule has 0 heterocycles. The molecule has 2 N–H and O–H groups in total. The second kappa shape index (κ2) is 10.8. The molecule has 3 heteroatoms. The van der Waals surface area contributed by atoms with Gasteiger partial charge in [-0.2, -0.15) is 0 Å². The Labute approximate surface area is 177 Å². The highest BCUT2D eigenvalue weighted by molar-refractivity contribution is 5.67. The van der Waals surface area contributed by atoms with E-state index in [0.717, 1.165) is 40.2 Å². The molecule has 0 fully saturated rings. The van der Waals surface area contributed by atoms with Crippen molar-refractivity contribution in [2.45, 2.75) is 53.1 Å². The maximum absolute atomic E-state index is 14.3. The maximum atomic E-state index is 14.3. The number of allylic oxidation sites excluding steroid dienone is 5. The van der Waals surface area contributed by atoms with Gasteiger partial charge in [-0.05, 0) is 68.9 Å². The summed E-state index contributed by atoms with van der Waals surface area (Å²) in [5, 5.41) is 6.73. The standard InChI is InChI=1S/C26H37FN2/c1-10-13-24(21(12-3)17-26(7,8)27)20(6)29-23-15-19(5)25(28-9)22(16-23)14-18(4)11-2/h10-13,15-16,18,28-29H,2-3,6,14,17H2,1,4-5,7-9H3/b13-10-,24-21-. The number of rotatable bonds is 11. The number of hydrogen-bond acceptors (Lipinski definition) is 2. The molecule has 1 unspecified atom stereocenters. The van der Waals surface area contributed by atoms with Gasteiger partial charge >= 0.3 is 0 Å². The molecule has 0 saturated carbocycles. The first kappa shape index (κ1) is 24.5. The molecule has 0 bridgehead atoms. The van der Waals surface area contributed by atoms with Gasteiger partial charge in [0.15, 0.2) is 0 Å². The minimum Gasteiger partial charge on any atom is -0.388 e. The Kier molecular flexibility index (Phi) is 9.16. The third-order valence-corrected chi connectivity index (χ3v) is 4.77. The highest BCUT2D eigenvalue weighted by atomic mass is 19.1. The summed E-state index contributed by atoms with van der Waals surface area (Å²) in [6.07, 6.45) is 8.74. The van der Waals surface area contributed by atoms with E-state index in [-0.39, 0.29) is 6.42 Å². The van der Waals surface area contributed by atoms with E-state index in [1.165, 1.54) is 5.56 Å². The lowest BCUT2D eigenvalue weighted by Gasteiger charge is -2.21. The number of halogens is 1. The molecule has 0 aliphatic rings. The summed E-state index contributed by atoms with van der Waals surface area (Å²) < 4.78 is 14.3. The van der Waals surface area contributed by atoms with Gasteiger partial charge < -0.3 is 10.6 Å². The van der Waals surface area contributed by atoms with Crippen LogP contribution in [0.5, 0.6) is 0 Å². The van der Waals surface area contributed by atoms with Gasteiger partial charge in [-0.1, -0.05) is 44.4 Å². The zero-order valence-electron chi connectivity index (χ0n) is 19.0. The van der Waals surface area contributed by atoms with Crippen LogP contribution in [0.1, 0.15) is 45.2 Å². The average molecular weight is 397 g/mol. The van der Waals surface area contributed by atoms with Crippen molar-refractivity contribution in [1.29, 1.82) is 0 Å². The molecule has 1 atom stereocenters. The first-order valence-electron chi connectivity index (χ1n) is 10.1. The van der Waals surface area contributed by atoms with E-state index < -0.39 is 5.67 Å². The van der Waals surface area contributed by atoms with Gasteiger partial charge in [0.1, 0.15) is 5.67 Å². The minimum atomic E-state index is -1.32. The fourth-order valence-electron chi connectivity index (χ4n) is 3.42. The fraction of sp³-hybridized carbons (Fsp3) is 0.385. The van der Waals surface area contributed by atoms with E-state index in [9.17, 15) is 4.39 Å². The van der Waals surface area contributed by atoms with Gasteiger partial charge in [0.2, 0.25) is 0 Å². The summed E-state index contributed by atoms with van der Waals surface area (Å²) in [4.78, 5) is 0. The monoisotopic (exact) mass is 396 g/mol. The lowest BCUT2D eigenvalue weighted by molar-refractivity contribution is 0.218. The van der Waals surface area contributed by atoms with Gasteiger partial charge in [0.05, 0.1) is 0 Å². The minimum absolute atomic E-state index is 0.274. The third-order valence-electron chi connectivity index (χ3n) is 4.77. The maximum Gasteiger partial charge on any atom is 0.109 e. The molecule has 2 nitrogen and oxygen atoms in total. The molecule has 1 rings (SSSR count). The van der Waals surface area contributed by atoms with Crippen LogP contribution in [0.3, 0.4) is 0 Å². The number of aryl methyl sites for hydroxylation is 1. The third kappa shape index (κ3) is 7.41. The molecule has 1 aromatic rings. The summed E-state index contributed by atoms with van der Waals surface area (Å²) in [6, 6.07) is 4.24. The summed E-state index contributed by atoms with van der Waals surface area (Å²) in [7, 11) is 1.94. The SMILES string of the molecule is C=C/C(CC(C)(C)F)=C(\C=C/C)C(=C)Nc1cc(C)c(NC)c(CC(C)C=C)c1. The lowest BCUT2D eigenvalue weighted by atomic mass is 9.94. The van der Waals surface area contributed by atoms with Crippen LogP contribution in [0.15, 0.2) is 73.0 Å². The number of anilines is 2. The van der Waals surface area contributed by atoms with Crippen LogP contribution in [-0.4, -0.2) is 12.7 Å². The van der Waals surface area contributed by atoms with Crippen LogP contribution in [0.25, 0.3) is 0 Å². The molecule has 0 saturated heterocycles. The molecular weight excluding hydrogens is 359 g/mol. The quantitative estimate of drug-likeness (QED) is 0.298. The van der Waals surface area contributed by atoms with Gasteiger partial charge in [-0.3, -0.25) is 0 Å². The van der Waals surface area contributed by atoms with Crippen LogP contribution in [-0.2, 0) is 6.42 Å². The molecule has 0 amide bonds. The van der Waals surface area contributed by atoms with Crippen LogP contribution in [0.4, 0.5) is 15.8 Å². The van der Waals surface area contributed by atoms with Crippen molar-refractivity contribution in [2.24, 2.45) is 5.92 Å². The molecule has 0 aliphatic carbocycles. The number of alkyl halides is 1. The topological polar surface area (TPSA) is 24.1 Å². The van der Waals surface area contributed by atoms with Gasteiger partial charge in [-0.25, -0.2) is 4.39 Å². The summed E-state index contributed by atoms with van der Waals surface area (Å²) in [5.74, 6) is 0.373. The van der Waals surface area contributed by atoms with Crippen molar-refractivity contribution in [3.8, 4) is 0 Å². The smallest absolute Gasteiger partial charge is 0.109 e. The van der Waals surface area contributed by atoms with Crippen molar-refractivity contribution in [3.05, 3.63) is 84.1 Å². The number of hydrogen-bond donors (Lipinski definition) is 2. The van der Waals surface area contributed by atoms with Crippen LogP contribution >= 0.6 is 0 Å². The first-order chi connectivity index (χ1) is 13.6. The Morgan fingerprint density at radius 2 is 1.93 bits per heavy atom. The van der Waals surface area contributed by atoms with Crippen molar-refractivity contribution in [1.82, 2.24) is 0 Å². The van der Waals surface area contributed by atoms with Crippen molar-refractivity contribution in [3.63, 3.8) is 0 Å². The molecule has 0 aromatic heterocycles. The van der Waals surface area contributed by atoms with Gasteiger partial charge in [0, 0.05) is 36.1 Å². The average Bonchev–Trinajstić information content (AvgIpc) is 2.63. The lowest BCUT2D eigenvalue weighted by Crippen LogP contribution is -2.14. The van der Waals surface area contributed by atoms with Gasteiger partial charge in [0.25, 0.3) is 0 Å². The fourth-order valence-corrected chi connectivity index (χ4v) is 3.42. The van der Waals surface area contributed by atoms with E-state index in [2.05, 4.69) is 56.4 Å². The Bertz CT molecular complexity index is 807. The summed E-state index contributed by atoms with van der Waals surface area (Å²) >= 11 is 0. The predicted molar refractivity (Wildman–Crippen MR) is 128 cm³/mol. The molecule has 0 aliphatic heterocycles. The van der Waals surface area contributed by atoms with Crippen LogP contribution in [0, 0.1) is 12.8 Å². The van der Waals surface area contributed by atoms with Crippen LogP contribution in [0.2, 0.25) is 0 Å². The van der Waals surface area contributed by atoms with Crippen molar-refractivity contribution in [2.75, 3.05) is 17.7 Å². The second-order valence-corrected chi connectivity index (χ2v) is 8.14.